The number of rotatable bonds is 6. The third kappa shape index (κ3) is 3.26. The van der Waals surface area contributed by atoms with Gasteiger partial charge in [0.25, 0.3) is 0 Å². The molecule has 0 aliphatic rings. The summed E-state index contributed by atoms with van der Waals surface area (Å²) in [5, 5.41) is 0. The Kier molecular flexibility index (Phi) is 4.34. The standard InChI is InChI=1S/C12H16N4O4S/c1-19-9-6-10(20-2)11(5-8(9)13)21(17,18)16-7-12-14-3-4-15-12/h3-6,16H,7,13H2,1-2H3,(H,14,15). The Balaban J connectivity index is 2.32. The van der Waals surface area contributed by atoms with Crippen LogP contribution in [0.3, 0.4) is 0 Å². The van der Waals surface area contributed by atoms with Gasteiger partial charge in [-0.2, -0.15) is 0 Å². The molecular weight excluding hydrogens is 296 g/mol. The monoisotopic (exact) mass is 312 g/mol. The van der Waals surface area contributed by atoms with Gasteiger partial charge in [-0.1, -0.05) is 0 Å². The number of nitrogens with one attached hydrogen (secondary N) is 2. The largest absolute Gasteiger partial charge is 0.495 e. The molecule has 0 spiro atoms. The van der Waals surface area contributed by atoms with Crippen LogP contribution in [0.15, 0.2) is 29.4 Å². The molecule has 1 aromatic carbocycles. The summed E-state index contributed by atoms with van der Waals surface area (Å²) in [6, 6.07) is 2.72. The first kappa shape index (κ1) is 15.1. The van der Waals surface area contributed by atoms with E-state index in [1.54, 1.807) is 6.20 Å². The highest BCUT2D eigenvalue weighted by atomic mass is 32.2. The van der Waals surface area contributed by atoms with Crippen LogP contribution in [0.5, 0.6) is 11.5 Å². The van der Waals surface area contributed by atoms with Crippen LogP contribution in [-0.4, -0.2) is 32.6 Å². The quantitative estimate of drug-likeness (QED) is 0.668. The number of methoxy groups -OCH3 is 2. The second kappa shape index (κ2) is 6.02. The van der Waals surface area contributed by atoms with Crippen molar-refractivity contribution in [1.82, 2.24) is 14.7 Å². The first-order chi connectivity index (χ1) is 9.97. The lowest BCUT2D eigenvalue weighted by molar-refractivity contribution is 0.387. The number of sulfonamides is 1. The zero-order valence-corrected chi connectivity index (χ0v) is 12.4. The van der Waals surface area contributed by atoms with Crippen molar-refractivity contribution in [2.45, 2.75) is 11.4 Å². The number of anilines is 1. The molecule has 1 heterocycles. The maximum Gasteiger partial charge on any atom is 0.244 e. The van der Waals surface area contributed by atoms with E-state index in [0.29, 0.717) is 11.6 Å². The number of nitrogens with two attached hydrogens (primary N) is 1. The lowest BCUT2D eigenvalue weighted by Crippen LogP contribution is -2.24. The van der Waals surface area contributed by atoms with E-state index in [0.717, 1.165) is 0 Å². The van der Waals surface area contributed by atoms with E-state index >= 15 is 0 Å². The maximum atomic E-state index is 12.3. The molecule has 4 N–H and O–H groups in total. The molecule has 0 aliphatic heterocycles. The topological polar surface area (TPSA) is 119 Å². The van der Waals surface area contributed by atoms with Gasteiger partial charge in [-0.05, 0) is 6.07 Å². The fraction of sp³-hybridized carbons (Fsp3) is 0.250. The van der Waals surface area contributed by atoms with Crippen LogP contribution < -0.4 is 19.9 Å². The highest BCUT2D eigenvalue weighted by Crippen LogP contribution is 2.33. The molecule has 0 radical (unpaired) electrons. The normalized spacial score (nSPS) is 11.3. The molecule has 1 aromatic heterocycles. The van der Waals surface area contributed by atoms with Crippen LogP contribution in [0.25, 0.3) is 0 Å². The van der Waals surface area contributed by atoms with Crippen LogP contribution in [-0.2, 0) is 16.6 Å². The number of hydrogen-bond acceptors (Lipinski definition) is 6. The first-order valence-corrected chi connectivity index (χ1v) is 7.45. The number of nitrogens with zero attached hydrogens (tertiary/aromatic N) is 1. The zero-order chi connectivity index (χ0) is 15.5. The predicted molar refractivity (Wildman–Crippen MR) is 76.6 cm³/mol. The number of aromatic amines is 1. The number of hydrogen-bond donors (Lipinski definition) is 3. The molecule has 21 heavy (non-hydrogen) atoms. The van der Waals surface area contributed by atoms with E-state index in [1.165, 1.54) is 32.5 Å². The third-order valence-corrected chi connectivity index (χ3v) is 4.21. The molecule has 0 atom stereocenters. The summed E-state index contributed by atoms with van der Waals surface area (Å²) in [5.41, 5.74) is 5.96. The second-order valence-corrected chi connectivity index (χ2v) is 5.84. The predicted octanol–water partition coefficient (Wildman–Crippen LogP) is 0.488. The number of nitrogen functional groups attached to an aromatic ring is 1. The number of benzene rings is 1. The van der Waals surface area contributed by atoms with E-state index in [1.807, 2.05) is 0 Å². The third-order valence-electron chi connectivity index (χ3n) is 2.79. The minimum atomic E-state index is -3.80. The van der Waals surface area contributed by atoms with E-state index in [9.17, 15) is 8.42 Å². The Bertz CT molecular complexity index is 713. The second-order valence-electron chi connectivity index (χ2n) is 4.11. The van der Waals surface area contributed by atoms with Gasteiger partial charge in [-0.3, -0.25) is 0 Å². The fourth-order valence-electron chi connectivity index (χ4n) is 1.74. The Morgan fingerprint density at radius 3 is 2.57 bits per heavy atom. The van der Waals surface area contributed by atoms with Crippen molar-refractivity contribution < 1.29 is 17.9 Å². The summed E-state index contributed by atoms with van der Waals surface area (Å²) < 4.78 is 37.2. The van der Waals surface area contributed by atoms with Crippen molar-refractivity contribution in [1.29, 1.82) is 0 Å². The highest BCUT2D eigenvalue weighted by molar-refractivity contribution is 7.89. The van der Waals surface area contributed by atoms with Crippen LogP contribution >= 0.6 is 0 Å². The summed E-state index contributed by atoms with van der Waals surface area (Å²) in [5.74, 6) is 0.990. The molecule has 2 aromatic rings. The molecule has 0 amide bonds. The maximum absolute atomic E-state index is 12.3. The van der Waals surface area contributed by atoms with Crippen molar-refractivity contribution in [3.63, 3.8) is 0 Å². The van der Waals surface area contributed by atoms with Crippen molar-refractivity contribution in [2.24, 2.45) is 0 Å². The van der Waals surface area contributed by atoms with Gasteiger partial charge in [-0.25, -0.2) is 18.1 Å². The molecule has 0 fully saturated rings. The summed E-state index contributed by atoms with van der Waals surface area (Å²) in [4.78, 5) is 6.69. The van der Waals surface area contributed by atoms with Gasteiger partial charge in [0.2, 0.25) is 10.0 Å². The minimum Gasteiger partial charge on any atom is -0.495 e. The van der Waals surface area contributed by atoms with Crippen LogP contribution in [0.1, 0.15) is 5.82 Å². The molecule has 0 saturated heterocycles. The average Bonchev–Trinajstić information content (AvgIpc) is 2.98. The van der Waals surface area contributed by atoms with Gasteiger partial charge in [-0.15, -0.1) is 0 Å². The zero-order valence-electron chi connectivity index (χ0n) is 11.6. The summed E-state index contributed by atoms with van der Waals surface area (Å²) in [6.45, 7) is 0.0322. The molecule has 0 saturated carbocycles. The molecule has 8 nitrogen and oxygen atoms in total. The molecule has 0 bridgehead atoms. The fourth-order valence-corrected chi connectivity index (χ4v) is 2.91. The van der Waals surface area contributed by atoms with Gasteiger partial charge in [0.05, 0.1) is 26.5 Å². The SMILES string of the molecule is COc1cc(OC)c(S(=O)(=O)NCc2ncc[nH]2)cc1N. The molecule has 114 valence electrons. The van der Waals surface area contributed by atoms with Gasteiger partial charge >= 0.3 is 0 Å². The van der Waals surface area contributed by atoms with Crippen molar-refractivity contribution in [3.8, 4) is 11.5 Å². The Morgan fingerprint density at radius 1 is 1.29 bits per heavy atom. The van der Waals surface area contributed by atoms with Gasteiger partial charge in [0.1, 0.15) is 22.2 Å². The average molecular weight is 312 g/mol. The van der Waals surface area contributed by atoms with E-state index in [2.05, 4.69) is 14.7 Å². The number of aromatic nitrogens is 2. The van der Waals surface area contributed by atoms with Gasteiger partial charge < -0.3 is 20.2 Å². The smallest absolute Gasteiger partial charge is 0.244 e. The summed E-state index contributed by atoms with van der Waals surface area (Å²) >= 11 is 0. The van der Waals surface area contributed by atoms with Crippen molar-refractivity contribution in [3.05, 3.63) is 30.4 Å². The minimum absolute atomic E-state index is 0.0322. The van der Waals surface area contributed by atoms with Crippen LogP contribution in [0.4, 0.5) is 5.69 Å². The van der Waals surface area contributed by atoms with Crippen LogP contribution in [0, 0.1) is 0 Å². The number of imidazole rings is 1. The van der Waals surface area contributed by atoms with E-state index in [4.69, 9.17) is 15.2 Å². The van der Waals surface area contributed by atoms with Crippen molar-refractivity contribution in [2.75, 3.05) is 20.0 Å². The first-order valence-electron chi connectivity index (χ1n) is 5.97. The van der Waals surface area contributed by atoms with Crippen LogP contribution in [0.2, 0.25) is 0 Å². The number of H-pyrrole nitrogens is 1. The summed E-state index contributed by atoms with van der Waals surface area (Å²) in [7, 11) is -0.987. The molecule has 9 heteroatoms. The van der Waals surface area contributed by atoms with E-state index < -0.39 is 10.0 Å². The number of ether oxygens (including phenoxy) is 2. The Morgan fingerprint density at radius 2 is 2.00 bits per heavy atom. The van der Waals surface area contributed by atoms with Gasteiger partial charge in [0.15, 0.2) is 0 Å². The van der Waals surface area contributed by atoms with Gasteiger partial charge in [0, 0.05) is 18.5 Å². The lowest BCUT2D eigenvalue weighted by atomic mass is 10.3. The summed E-state index contributed by atoms with van der Waals surface area (Å²) in [6.07, 6.45) is 3.14. The highest BCUT2D eigenvalue weighted by Gasteiger charge is 2.22. The molecule has 0 unspecified atom stereocenters. The van der Waals surface area contributed by atoms with Crippen molar-refractivity contribution >= 4 is 15.7 Å². The lowest BCUT2D eigenvalue weighted by Gasteiger charge is -2.13. The van der Waals surface area contributed by atoms with E-state index in [-0.39, 0.29) is 22.9 Å². The Hall–Kier alpha value is -2.26. The molecule has 0 aliphatic carbocycles. The molecular formula is C12H16N4O4S. The molecule has 2 rings (SSSR count). The Labute approximate surface area is 122 Å².